The minimum Gasteiger partial charge on any atom is -0.376 e. The fourth-order valence-electron chi connectivity index (χ4n) is 4.81. The van der Waals surface area contributed by atoms with Gasteiger partial charge in [0.15, 0.2) is 9.84 Å². The average Bonchev–Trinajstić information content (AvgIpc) is 3.30. The Balaban J connectivity index is 1.45. The number of hydrogen-bond donors (Lipinski definition) is 0. The molecule has 1 unspecified atom stereocenters. The van der Waals surface area contributed by atoms with Crippen molar-refractivity contribution in [2.75, 3.05) is 43.9 Å². The Morgan fingerprint density at radius 2 is 1.97 bits per heavy atom. The van der Waals surface area contributed by atoms with Gasteiger partial charge >= 0.3 is 0 Å². The predicted molar refractivity (Wildman–Crippen MR) is 128 cm³/mol. The number of aromatic nitrogens is 2. The third-order valence-electron chi connectivity index (χ3n) is 6.66. The van der Waals surface area contributed by atoms with Gasteiger partial charge in [-0.15, -0.1) is 0 Å². The summed E-state index contributed by atoms with van der Waals surface area (Å²) in [5.74, 6) is 0.842. The van der Waals surface area contributed by atoms with E-state index in [1.165, 1.54) is 6.26 Å². The summed E-state index contributed by atoms with van der Waals surface area (Å²) in [6.45, 7) is 7.69. The van der Waals surface area contributed by atoms with Crippen LogP contribution in [0.3, 0.4) is 0 Å². The number of benzene rings is 1. The van der Waals surface area contributed by atoms with Crippen molar-refractivity contribution in [2.24, 2.45) is 5.92 Å². The molecule has 33 heavy (non-hydrogen) atoms. The summed E-state index contributed by atoms with van der Waals surface area (Å²) in [4.78, 5) is 27.0. The average molecular weight is 475 g/mol. The number of fused-ring (bicyclic) bond motifs is 1. The van der Waals surface area contributed by atoms with Gasteiger partial charge in [0.1, 0.15) is 0 Å². The zero-order chi connectivity index (χ0) is 23.6. The first-order chi connectivity index (χ1) is 15.8. The zero-order valence-electron chi connectivity index (χ0n) is 19.8. The molecule has 2 fully saturated rings. The molecule has 0 spiro atoms. The van der Waals surface area contributed by atoms with Crippen LogP contribution in [0.5, 0.6) is 0 Å². The van der Waals surface area contributed by atoms with Crippen LogP contribution >= 0.6 is 0 Å². The van der Waals surface area contributed by atoms with Crippen molar-refractivity contribution in [1.29, 1.82) is 0 Å². The molecular weight excluding hydrogens is 440 g/mol. The van der Waals surface area contributed by atoms with Crippen LogP contribution in [-0.4, -0.2) is 74.3 Å². The van der Waals surface area contributed by atoms with Crippen LogP contribution < -0.4 is 4.90 Å². The molecule has 4 rings (SSSR count). The molecule has 2 aromatic rings. The largest absolute Gasteiger partial charge is 0.376 e. The summed E-state index contributed by atoms with van der Waals surface area (Å²) in [7, 11) is -3.31. The molecule has 1 amide bonds. The molecule has 2 aliphatic rings. The second-order valence-electron chi connectivity index (χ2n) is 9.24. The fraction of sp³-hybridized carbons (Fsp3) is 0.625. The van der Waals surface area contributed by atoms with E-state index in [2.05, 4.69) is 21.8 Å². The minimum atomic E-state index is -3.31. The quantitative estimate of drug-likeness (QED) is 0.609. The molecule has 2 aliphatic heterocycles. The van der Waals surface area contributed by atoms with Crippen LogP contribution in [0.15, 0.2) is 23.1 Å². The molecule has 0 radical (unpaired) electrons. The number of sulfone groups is 1. The van der Waals surface area contributed by atoms with Gasteiger partial charge in [0.25, 0.3) is 0 Å². The lowest BCUT2D eigenvalue weighted by Crippen LogP contribution is -2.45. The Kier molecular flexibility index (Phi) is 7.19. The molecule has 1 atom stereocenters. The molecule has 1 aromatic heterocycles. The number of amides is 1. The van der Waals surface area contributed by atoms with E-state index >= 15 is 0 Å². The number of ether oxygens (including phenoxy) is 1. The molecule has 8 nitrogen and oxygen atoms in total. The topological polar surface area (TPSA) is 92.7 Å². The van der Waals surface area contributed by atoms with Crippen LogP contribution in [0, 0.1) is 12.8 Å². The number of hydrogen-bond acceptors (Lipinski definition) is 7. The van der Waals surface area contributed by atoms with Gasteiger partial charge in [-0.05, 0) is 57.2 Å². The van der Waals surface area contributed by atoms with Crippen LogP contribution in [0.1, 0.15) is 44.7 Å². The van der Waals surface area contributed by atoms with E-state index in [1.807, 2.05) is 11.8 Å². The molecule has 0 aliphatic carbocycles. The summed E-state index contributed by atoms with van der Waals surface area (Å²) < 4.78 is 29.7. The highest BCUT2D eigenvalue weighted by Crippen LogP contribution is 2.27. The standard InChI is InChI=1S/C24H34N4O4S/c1-4-11-28(16-19-6-5-14-32-19)23(29)18-9-12-27(13-10-18)24-25-17(2)21-8-7-20(33(3,30)31)15-22(21)26-24/h7-8,15,18-19H,4-6,9-14,16H2,1-3H3. The predicted octanol–water partition coefficient (Wildman–Crippen LogP) is 2.98. The van der Waals surface area contributed by atoms with Gasteiger partial charge in [-0.1, -0.05) is 6.92 Å². The van der Waals surface area contributed by atoms with Gasteiger partial charge in [-0.2, -0.15) is 0 Å². The fourth-order valence-corrected chi connectivity index (χ4v) is 5.45. The van der Waals surface area contributed by atoms with Crippen LogP contribution in [0.4, 0.5) is 5.95 Å². The number of anilines is 1. The Hall–Kier alpha value is -2.26. The van der Waals surface area contributed by atoms with Gasteiger partial charge in [-0.3, -0.25) is 4.79 Å². The first kappa shape index (κ1) is 23.9. The molecule has 3 heterocycles. The van der Waals surface area contributed by atoms with Crippen molar-refractivity contribution in [1.82, 2.24) is 14.9 Å². The summed E-state index contributed by atoms with van der Waals surface area (Å²) in [5.41, 5.74) is 1.45. The van der Waals surface area contributed by atoms with Gasteiger partial charge in [0.05, 0.1) is 22.2 Å². The lowest BCUT2D eigenvalue weighted by molar-refractivity contribution is -0.137. The number of rotatable bonds is 7. The van der Waals surface area contributed by atoms with Crippen LogP contribution in [0.2, 0.25) is 0 Å². The van der Waals surface area contributed by atoms with Gasteiger partial charge in [-0.25, -0.2) is 18.4 Å². The van der Waals surface area contributed by atoms with Gasteiger partial charge in [0, 0.05) is 50.3 Å². The Labute approximate surface area is 196 Å². The monoisotopic (exact) mass is 474 g/mol. The van der Waals surface area contributed by atoms with Gasteiger partial charge in [0.2, 0.25) is 11.9 Å². The second-order valence-corrected chi connectivity index (χ2v) is 11.3. The number of piperidine rings is 1. The maximum Gasteiger partial charge on any atom is 0.226 e. The molecule has 180 valence electrons. The lowest BCUT2D eigenvalue weighted by Gasteiger charge is -2.35. The molecule has 0 saturated carbocycles. The van der Waals surface area contributed by atoms with Crippen molar-refractivity contribution < 1.29 is 17.9 Å². The Morgan fingerprint density at radius 1 is 1.21 bits per heavy atom. The first-order valence-corrected chi connectivity index (χ1v) is 13.8. The minimum absolute atomic E-state index is 0.00703. The van der Waals surface area contributed by atoms with E-state index in [-0.39, 0.29) is 22.8 Å². The third kappa shape index (κ3) is 5.46. The van der Waals surface area contributed by atoms with Crippen LogP contribution in [-0.2, 0) is 19.4 Å². The SMILES string of the molecule is CCCN(CC1CCCO1)C(=O)C1CCN(c2nc(C)c3ccc(S(C)(=O)=O)cc3n2)CC1. The lowest BCUT2D eigenvalue weighted by atomic mass is 9.95. The molecular formula is C24H34N4O4S. The first-order valence-electron chi connectivity index (χ1n) is 11.9. The number of nitrogens with zero attached hydrogens (tertiary/aromatic N) is 4. The van der Waals surface area contributed by atoms with E-state index in [0.717, 1.165) is 56.3 Å². The molecule has 9 heteroatoms. The molecule has 0 N–H and O–H groups in total. The van der Waals surface area contributed by atoms with E-state index < -0.39 is 9.84 Å². The van der Waals surface area contributed by atoms with Crippen molar-refractivity contribution in [3.63, 3.8) is 0 Å². The highest BCUT2D eigenvalue weighted by Gasteiger charge is 2.31. The van der Waals surface area contributed by atoms with Crippen molar-refractivity contribution in [2.45, 2.75) is 57.0 Å². The summed E-state index contributed by atoms with van der Waals surface area (Å²) >= 11 is 0. The Bertz CT molecular complexity index is 1110. The number of carbonyl (C=O) groups is 1. The second kappa shape index (κ2) is 9.93. The van der Waals surface area contributed by atoms with Crippen LogP contribution in [0.25, 0.3) is 10.9 Å². The molecule has 0 bridgehead atoms. The van der Waals surface area contributed by atoms with E-state index in [4.69, 9.17) is 4.74 Å². The molecule has 1 aromatic carbocycles. The highest BCUT2D eigenvalue weighted by molar-refractivity contribution is 7.90. The summed E-state index contributed by atoms with van der Waals surface area (Å²) in [5, 5.41) is 0.848. The van der Waals surface area contributed by atoms with E-state index in [1.54, 1.807) is 18.2 Å². The van der Waals surface area contributed by atoms with Crippen molar-refractivity contribution in [3.05, 3.63) is 23.9 Å². The third-order valence-corrected chi connectivity index (χ3v) is 7.77. The Morgan fingerprint density at radius 3 is 2.61 bits per heavy atom. The molecule has 2 saturated heterocycles. The van der Waals surface area contributed by atoms with Crippen molar-refractivity contribution >= 4 is 32.6 Å². The summed E-state index contributed by atoms with van der Waals surface area (Å²) in [6, 6.07) is 4.99. The summed E-state index contributed by atoms with van der Waals surface area (Å²) in [6.07, 6.45) is 5.94. The maximum atomic E-state index is 13.2. The normalized spacial score (nSPS) is 19.8. The number of carbonyl (C=O) groups excluding carboxylic acids is 1. The highest BCUT2D eigenvalue weighted by atomic mass is 32.2. The van der Waals surface area contributed by atoms with Gasteiger partial charge < -0.3 is 14.5 Å². The number of aryl methyl sites for hydroxylation is 1. The van der Waals surface area contributed by atoms with E-state index in [9.17, 15) is 13.2 Å². The van der Waals surface area contributed by atoms with E-state index in [0.29, 0.717) is 31.1 Å². The van der Waals surface area contributed by atoms with Crippen molar-refractivity contribution in [3.8, 4) is 0 Å². The zero-order valence-corrected chi connectivity index (χ0v) is 20.6. The maximum absolute atomic E-state index is 13.2. The smallest absolute Gasteiger partial charge is 0.226 e.